The first-order valence-electron chi connectivity index (χ1n) is 11.2. The molecule has 8 heteroatoms. The van der Waals surface area contributed by atoms with Gasteiger partial charge in [-0.2, -0.15) is 0 Å². The van der Waals surface area contributed by atoms with Crippen molar-refractivity contribution in [2.75, 3.05) is 11.5 Å². The molecule has 0 fully saturated rings. The van der Waals surface area contributed by atoms with Crippen molar-refractivity contribution in [3.8, 4) is 23.0 Å². The molecule has 0 radical (unpaired) electrons. The SMILES string of the molecule is CC(c1cc(Br)c(Oc2ccc(N)cc2)c(Br)c1)C(C)c1cc(Br)c(Oc2ccc(N)cc2)c(Br)c1. The quantitative estimate of drug-likeness (QED) is 0.185. The van der Waals surface area contributed by atoms with E-state index in [1.165, 1.54) is 11.1 Å². The minimum atomic E-state index is 0.228. The van der Waals surface area contributed by atoms with Crippen LogP contribution < -0.4 is 20.9 Å². The molecule has 0 bridgehead atoms. The summed E-state index contributed by atoms with van der Waals surface area (Å²) in [5.41, 5.74) is 15.3. The summed E-state index contributed by atoms with van der Waals surface area (Å²) in [6, 6.07) is 23.1. The summed E-state index contributed by atoms with van der Waals surface area (Å²) in [6.45, 7) is 4.44. The lowest BCUT2D eigenvalue weighted by Gasteiger charge is -2.23. The van der Waals surface area contributed by atoms with Crippen LogP contribution in [0, 0.1) is 0 Å². The van der Waals surface area contributed by atoms with E-state index in [-0.39, 0.29) is 11.8 Å². The van der Waals surface area contributed by atoms with Crippen molar-refractivity contribution in [1.82, 2.24) is 0 Å². The molecule has 36 heavy (non-hydrogen) atoms. The normalized spacial score (nSPS) is 12.7. The van der Waals surface area contributed by atoms with Crippen LogP contribution in [-0.2, 0) is 0 Å². The number of hydrogen-bond acceptors (Lipinski definition) is 4. The topological polar surface area (TPSA) is 70.5 Å². The number of rotatable bonds is 7. The Kier molecular flexibility index (Phi) is 8.71. The van der Waals surface area contributed by atoms with Crippen LogP contribution in [0.4, 0.5) is 11.4 Å². The summed E-state index contributed by atoms with van der Waals surface area (Å²) in [7, 11) is 0. The number of ether oxygens (including phenoxy) is 2. The van der Waals surface area contributed by atoms with Gasteiger partial charge >= 0.3 is 0 Å². The van der Waals surface area contributed by atoms with Crippen LogP contribution in [0.15, 0.2) is 90.7 Å². The van der Waals surface area contributed by atoms with Gasteiger partial charge in [0.15, 0.2) is 11.5 Å². The highest BCUT2D eigenvalue weighted by molar-refractivity contribution is 9.11. The number of hydrogen-bond donors (Lipinski definition) is 2. The predicted octanol–water partition coefficient (Wildman–Crippen LogP) is 10.4. The van der Waals surface area contributed by atoms with E-state index in [1.807, 2.05) is 48.5 Å². The van der Waals surface area contributed by atoms with Crippen molar-refractivity contribution >= 4 is 75.1 Å². The van der Waals surface area contributed by atoms with Gasteiger partial charge in [-0.05, 0) is 159 Å². The first kappa shape index (κ1) is 27.0. The largest absolute Gasteiger partial charge is 0.455 e. The molecule has 0 saturated carbocycles. The van der Waals surface area contributed by atoms with Gasteiger partial charge in [-0.15, -0.1) is 0 Å². The van der Waals surface area contributed by atoms with Crippen molar-refractivity contribution in [1.29, 1.82) is 0 Å². The Labute approximate surface area is 244 Å². The van der Waals surface area contributed by atoms with E-state index in [0.29, 0.717) is 11.4 Å². The first-order valence-corrected chi connectivity index (χ1v) is 14.3. The molecule has 186 valence electrons. The van der Waals surface area contributed by atoms with Crippen LogP contribution in [0.1, 0.15) is 36.8 Å². The van der Waals surface area contributed by atoms with E-state index < -0.39 is 0 Å². The molecule has 4 N–H and O–H groups in total. The number of nitrogens with two attached hydrogens (primary N) is 2. The summed E-state index contributed by atoms with van der Waals surface area (Å²) in [5.74, 6) is 3.33. The van der Waals surface area contributed by atoms with Gasteiger partial charge in [0.2, 0.25) is 0 Å². The minimum Gasteiger partial charge on any atom is -0.455 e. The van der Waals surface area contributed by atoms with E-state index in [2.05, 4.69) is 102 Å². The summed E-state index contributed by atoms with van der Waals surface area (Å²) in [5, 5.41) is 0. The molecule has 0 heterocycles. The zero-order valence-corrected chi connectivity index (χ0v) is 25.9. The lowest BCUT2D eigenvalue weighted by Crippen LogP contribution is -2.06. The second kappa shape index (κ2) is 11.6. The molecular weight excluding hydrogens is 716 g/mol. The Morgan fingerprint density at radius 3 is 1.08 bits per heavy atom. The van der Waals surface area contributed by atoms with Gasteiger partial charge in [-0.25, -0.2) is 0 Å². The van der Waals surface area contributed by atoms with E-state index in [1.54, 1.807) is 0 Å². The molecular formula is C28H24Br4N2O2. The molecule has 0 spiro atoms. The Balaban J connectivity index is 1.55. The predicted molar refractivity (Wildman–Crippen MR) is 162 cm³/mol. The van der Waals surface area contributed by atoms with Gasteiger partial charge in [0.25, 0.3) is 0 Å². The summed E-state index contributed by atoms with van der Waals surface area (Å²) in [6.07, 6.45) is 0. The van der Waals surface area contributed by atoms with Crippen LogP contribution in [0.5, 0.6) is 23.0 Å². The Bertz CT molecular complexity index is 1220. The zero-order chi connectivity index (χ0) is 26.0. The van der Waals surface area contributed by atoms with Crippen LogP contribution in [0.3, 0.4) is 0 Å². The third kappa shape index (κ3) is 6.28. The third-order valence-corrected chi connectivity index (χ3v) is 8.40. The number of benzene rings is 4. The average Bonchev–Trinajstić information content (AvgIpc) is 2.84. The zero-order valence-electron chi connectivity index (χ0n) is 19.6. The molecule has 0 aliphatic carbocycles. The van der Waals surface area contributed by atoms with Crippen molar-refractivity contribution in [3.05, 3.63) is 102 Å². The molecule has 0 amide bonds. The standard InChI is InChI=1S/C28H24Br4N2O2/c1-15(17-11-23(29)27(24(30)12-17)35-21-7-3-19(33)4-8-21)16(2)18-13-25(31)28(26(32)14-18)36-22-9-5-20(34)6-10-22/h3-16H,33-34H2,1-2H3. The average molecular weight is 740 g/mol. The smallest absolute Gasteiger partial charge is 0.155 e. The molecule has 0 aromatic heterocycles. The molecule has 0 saturated heterocycles. The number of anilines is 2. The van der Waals surface area contributed by atoms with Crippen LogP contribution in [-0.4, -0.2) is 0 Å². The summed E-state index contributed by atoms with van der Waals surface area (Å²) >= 11 is 14.8. The van der Waals surface area contributed by atoms with Gasteiger partial charge in [0.05, 0.1) is 17.9 Å². The molecule has 2 unspecified atom stereocenters. The minimum absolute atomic E-state index is 0.228. The summed E-state index contributed by atoms with van der Waals surface area (Å²) < 4.78 is 15.7. The number of halogens is 4. The highest BCUT2D eigenvalue weighted by atomic mass is 79.9. The second-order valence-electron chi connectivity index (χ2n) is 8.55. The maximum absolute atomic E-state index is 6.09. The van der Waals surface area contributed by atoms with Gasteiger partial charge in [-0.3, -0.25) is 0 Å². The molecule has 2 atom stereocenters. The summed E-state index contributed by atoms with van der Waals surface area (Å²) in [4.78, 5) is 0. The molecule has 4 nitrogen and oxygen atoms in total. The van der Waals surface area contributed by atoms with Crippen molar-refractivity contribution in [2.45, 2.75) is 25.7 Å². The van der Waals surface area contributed by atoms with E-state index in [4.69, 9.17) is 20.9 Å². The highest BCUT2D eigenvalue weighted by Crippen LogP contribution is 2.44. The molecule has 0 aliphatic heterocycles. The highest BCUT2D eigenvalue weighted by Gasteiger charge is 2.22. The Morgan fingerprint density at radius 2 is 0.806 bits per heavy atom. The Morgan fingerprint density at radius 1 is 0.528 bits per heavy atom. The fourth-order valence-electron chi connectivity index (χ4n) is 3.76. The third-order valence-electron chi connectivity index (χ3n) is 6.04. The van der Waals surface area contributed by atoms with Crippen molar-refractivity contribution in [2.24, 2.45) is 0 Å². The van der Waals surface area contributed by atoms with Gasteiger partial charge in [0, 0.05) is 11.4 Å². The second-order valence-corrected chi connectivity index (χ2v) is 12.0. The lowest BCUT2D eigenvalue weighted by atomic mass is 9.84. The van der Waals surface area contributed by atoms with Gasteiger partial charge in [0.1, 0.15) is 11.5 Å². The van der Waals surface area contributed by atoms with Crippen molar-refractivity contribution in [3.63, 3.8) is 0 Å². The fourth-order valence-corrected chi connectivity index (χ4v) is 6.53. The van der Waals surface area contributed by atoms with Gasteiger partial charge in [-0.1, -0.05) is 13.8 Å². The maximum Gasteiger partial charge on any atom is 0.155 e. The van der Waals surface area contributed by atoms with Crippen LogP contribution >= 0.6 is 63.7 Å². The molecule has 0 aliphatic rings. The van der Waals surface area contributed by atoms with E-state index in [0.717, 1.165) is 40.9 Å². The van der Waals surface area contributed by atoms with E-state index in [9.17, 15) is 0 Å². The van der Waals surface area contributed by atoms with E-state index >= 15 is 0 Å². The Hall–Kier alpha value is -2.00. The van der Waals surface area contributed by atoms with Crippen LogP contribution in [0.25, 0.3) is 0 Å². The van der Waals surface area contributed by atoms with Crippen molar-refractivity contribution < 1.29 is 9.47 Å². The molecule has 4 aromatic carbocycles. The monoisotopic (exact) mass is 736 g/mol. The molecule has 4 aromatic rings. The fraction of sp³-hybridized carbons (Fsp3) is 0.143. The molecule has 4 rings (SSSR count). The lowest BCUT2D eigenvalue weighted by molar-refractivity contribution is 0.474. The maximum atomic E-state index is 6.09. The number of nitrogen functional groups attached to an aromatic ring is 2. The van der Waals surface area contributed by atoms with Crippen LogP contribution in [0.2, 0.25) is 0 Å². The first-order chi connectivity index (χ1) is 17.1. The van der Waals surface area contributed by atoms with Gasteiger partial charge < -0.3 is 20.9 Å².